The summed E-state index contributed by atoms with van der Waals surface area (Å²) in [5.41, 5.74) is 6.81. The minimum Gasteiger partial charge on any atom is -0.469 e. The summed E-state index contributed by atoms with van der Waals surface area (Å²) in [6, 6.07) is 1.49. The maximum absolute atomic E-state index is 11.8. The van der Waals surface area contributed by atoms with E-state index in [9.17, 15) is 4.79 Å². The summed E-state index contributed by atoms with van der Waals surface area (Å²) >= 11 is 0. The van der Waals surface area contributed by atoms with Crippen LogP contribution in [0.1, 0.15) is 31.1 Å². The number of hydrogen-bond donors (Lipinski definition) is 1. The molecule has 0 bridgehead atoms. The molecule has 1 rings (SSSR count). The third kappa shape index (κ3) is 3.10. The molecule has 0 saturated carbocycles. The lowest BCUT2D eigenvalue weighted by Gasteiger charge is -2.20. The Balaban J connectivity index is 2.55. The number of furan rings is 1. The average molecular weight is 224 g/mol. The van der Waals surface area contributed by atoms with Crippen molar-refractivity contribution in [1.82, 2.24) is 4.90 Å². The van der Waals surface area contributed by atoms with E-state index >= 15 is 0 Å². The molecule has 0 aromatic carbocycles. The SMILES string of the molecule is CCC[C@@H](N)C(=O)N(C)Cc1ccoc1C. The van der Waals surface area contributed by atoms with Crippen LogP contribution in [0.25, 0.3) is 0 Å². The zero-order valence-corrected chi connectivity index (χ0v) is 10.2. The summed E-state index contributed by atoms with van der Waals surface area (Å²) < 4.78 is 5.18. The Morgan fingerprint density at radius 1 is 1.62 bits per heavy atom. The predicted molar refractivity (Wildman–Crippen MR) is 62.8 cm³/mol. The fourth-order valence-corrected chi connectivity index (χ4v) is 1.63. The summed E-state index contributed by atoms with van der Waals surface area (Å²) in [5, 5.41) is 0. The Morgan fingerprint density at radius 2 is 2.31 bits per heavy atom. The van der Waals surface area contributed by atoms with Gasteiger partial charge < -0.3 is 15.1 Å². The van der Waals surface area contributed by atoms with Crippen LogP contribution in [-0.2, 0) is 11.3 Å². The fraction of sp³-hybridized carbons (Fsp3) is 0.583. The molecule has 0 fully saturated rings. The lowest BCUT2D eigenvalue weighted by molar-refractivity contribution is -0.132. The normalized spacial score (nSPS) is 12.5. The molecule has 4 heteroatoms. The van der Waals surface area contributed by atoms with Crippen molar-refractivity contribution in [1.29, 1.82) is 0 Å². The van der Waals surface area contributed by atoms with Gasteiger partial charge in [0.05, 0.1) is 12.3 Å². The smallest absolute Gasteiger partial charge is 0.239 e. The molecule has 1 atom stereocenters. The molecule has 1 aromatic heterocycles. The first-order chi connectivity index (χ1) is 7.56. The van der Waals surface area contributed by atoms with Crippen molar-refractivity contribution in [3.05, 3.63) is 23.7 Å². The van der Waals surface area contributed by atoms with E-state index in [1.54, 1.807) is 18.2 Å². The molecule has 0 spiro atoms. The molecule has 16 heavy (non-hydrogen) atoms. The van der Waals surface area contributed by atoms with Gasteiger partial charge in [0, 0.05) is 19.2 Å². The summed E-state index contributed by atoms with van der Waals surface area (Å²) in [5.74, 6) is 0.839. The largest absolute Gasteiger partial charge is 0.469 e. The first-order valence-corrected chi connectivity index (χ1v) is 5.59. The number of carbonyl (C=O) groups excluding carboxylic acids is 1. The zero-order chi connectivity index (χ0) is 12.1. The molecule has 90 valence electrons. The quantitative estimate of drug-likeness (QED) is 0.827. The standard InChI is InChI=1S/C12H20N2O2/c1-4-5-11(13)12(15)14(3)8-10-6-7-16-9(10)2/h6-7,11H,4-5,8,13H2,1-3H3/t11-/m1/s1. The van der Waals surface area contributed by atoms with Gasteiger partial charge in [-0.15, -0.1) is 0 Å². The third-order valence-corrected chi connectivity index (χ3v) is 2.67. The van der Waals surface area contributed by atoms with Gasteiger partial charge in [0.2, 0.25) is 5.91 Å². The molecule has 1 heterocycles. The lowest BCUT2D eigenvalue weighted by atomic mass is 10.1. The second kappa shape index (κ2) is 5.70. The number of likely N-dealkylation sites (N-methyl/N-ethyl adjacent to an activating group) is 1. The highest BCUT2D eigenvalue weighted by molar-refractivity contribution is 5.81. The first kappa shape index (κ1) is 12.8. The van der Waals surface area contributed by atoms with Gasteiger partial charge in [-0.3, -0.25) is 4.79 Å². The van der Waals surface area contributed by atoms with Crippen LogP contribution >= 0.6 is 0 Å². The summed E-state index contributed by atoms with van der Waals surface area (Å²) in [4.78, 5) is 13.5. The number of hydrogen-bond acceptors (Lipinski definition) is 3. The maximum atomic E-state index is 11.8. The van der Waals surface area contributed by atoms with Crippen LogP contribution < -0.4 is 5.73 Å². The van der Waals surface area contributed by atoms with Gasteiger partial charge in [0.1, 0.15) is 5.76 Å². The van der Waals surface area contributed by atoms with Gasteiger partial charge in [-0.05, 0) is 19.4 Å². The van der Waals surface area contributed by atoms with Crippen molar-refractivity contribution in [3.63, 3.8) is 0 Å². The number of aryl methyl sites for hydroxylation is 1. The molecular formula is C12H20N2O2. The van der Waals surface area contributed by atoms with Crippen molar-refractivity contribution >= 4 is 5.91 Å². The van der Waals surface area contributed by atoms with Crippen LogP contribution in [-0.4, -0.2) is 23.9 Å². The summed E-state index contributed by atoms with van der Waals surface area (Å²) in [6.45, 7) is 4.46. The van der Waals surface area contributed by atoms with E-state index in [2.05, 4.69) is 0 Å². The first-order valence-electron chi connectivity index (χ1n) is 5.59. The molecule has 0 aliphatic carbocycles. The Kier molecular flexibility index (Phi) is 4.55. The van der Waals surface area contributed by atoms with Crippen LogP contribution in [0.2, 0.25) is 0 Å². The van der Waals surface area contributed by atoms with Gasteiger partial charge in [-0.2, -0.15) is 0 Å². The van der Waals surface area contributed by atoms with Crippen LogP contribution in [0.15, 0.2) is 16.7 Å². The molecule has 0 aliphatic rings. The minimum absolute atomic E-state index is 0.0116. The highest BCUT2D eigenvalue weighted by Gasteiger charge is 2.18. The number of nitrogens with zero attached hydrogens (tertiary/aromatic N) is 1. The Hall–Kier alpha value is -1.29. The molecule has 0 radical (unpaired) electrons. The predicted octanol–water partition coefficient (Wildman–Crippen LogP) is 1.67. The third-order valence-electron chi connectivity index (χ3n) is 2.67. The number of carbonyl (C=O) groups is 1. The van der Waals surface area contributed by atoms with E-state index in [1.807, 2.05) is 19.9 Å². The van der Waals surface area contributed by atoms with Crippen LogP contribution in [0.3, 0.4) is 0 Å². The maximum Gasteiger partial charge on any atom is 0.239 e. The van der Waals surface area contributed by atoms with Gasteiger partial charge in [-0.1, -0.05) is 13.3 Å². The second-order valence-electron chi connectivity index (χ2n) is 4.09. The van der Waals surface area contributed by atoms with Crippen molar-refractivity contribution in [2.45, 2.75) is 39.3 Å². The van der Waals surface area contributed by atoms with Crippen LogP contribution in [0.5, 0.6) is 0 Å². The molecule has 0 saturated heterocycles. The molecular weight excluding hydrogens is 204 g/mol. The molecule has 0 aliphatic heterocycles. The molecule has 4 nitrogen and oxygen atoms in total. The molecule has 1 amide bonds. The lowest BCUT2D eigenvalue weighted by Crippen LogP contribution is -2.41. The van der Waals surface area contributed by atoms with E-state index in [4.69, 9.17) is 10.2 Å². The Bertz CT molecular complexity index is 347. The highest BCUT2D eigenvalue weighted by Crippen LogP contribution is 2.11. The minimum atomic E-state index is -0.387. The molecule has 0 unspecified atom stereocenters. The van der Waals surface area contributed by atoms with Crippen LogP contribution in [0, 0.1) is 6.92 Å². The Labute approximate surface area is 96.4 Å². The van der Waals surface area contributed by atoms with E-state index in [-0.39, 0.29) is 11.9 Å². The van der Waals surface area contributed by atoms with E-state index in [0.29, 0.717) is 6.54 Å². The van der Waals surface area contributed by atoms with Gasteiger partial charge in [0.25, 0.3) is 0 Å². The number of amides is 1. The Morgan fingerprint density at radius 3 is 2.81 bits per heavy atom. The number of nitrogens with two attached hydrogens (primary N) is 1. The summed E-state index contributed by atoms with van der Waals surface area (Å²) in [7, 11) is 1.77. The van der Waals surface area contributed by atoms with Crippen molar-refractivity contribution < 1.29 is 9.21 Å². The van der Waals surface area contributed by atoms with Gasteiger partial charge in [-0.25, -0.2) is 0 Å². The number of rotatable bonds is 5. The van der Waals surface area contributed by atoms with Crippen molar-refractivity contribution in [3.8, 4) is 0 Å². The zero-order valence-electron chi connectivity index (χ0n) is 10.2. The highest BCUT2D eigenvalue weighted by atomic mass is 16.3. The fourth-order valence-electron chi connectivity index (χ4n) is 1.63. The monoisotopic (exact) mass is 224 g/mol. The second-order valence-corrected chi connectivity index (χ2v) is 4.09. The summed E-state index contributed by atoms with van der Waals surface area (Å²) in [6.07, 6.45) is 3.29. The van der Waals surface area contributed by atoms with Crippen LogP contribution in [0.4, 0.5) is 0 Å². The topological polar surface area (TPSA) is 59.5 Å². The average Bonchev–Trinajstić information content (AvgIpc) is 2.63. The van der Waals surface area contributed by atoms with E-state index in [0.717, 1.165) is 24.2 Å². The van der Waals surface area contributed by atoms with E-state index in [1.165, 1.54) is 0 Å². The van der Waals surface area contributed by atoms with Gasteiger partial charge >= 0.3 is 0 Å². The molecule has 2 N–H and O–H groups in total. The van der Waals surface area contributed by atoms with Gasteiger partial charge in [0.15, 0.2) is 0 Å². The van der Waals surface area contributed by atoms with Crippen molar-refractivity contribution in [2.24, 2.45) is 5.73 Å². The molecule has 1 aromatic rings. The van der Waals surface area contributed by atoms with Crippen molar-refractivity contribution in [2.75, 3.05) is 7.05 Å². The van der Waals surface area contributed by atoms with E-state index < -0.39 is 0 Å².